The number of hydrogen-bond acceptors (Lipinski definition) is 5. The van der Waals surface area contributed by atoms with Gasteiger partial charge in [0.2, 0.25) is 10.0 Å². The quantitative estimate of drug-likeness (QED) is 0.615. The van der Waals surface area contributed by atoms with Crippen LogP contribution in [-0.2, 0) is 19.6 Å². The third-order valence-corrected chi connectivity index (χ3v) is 7.45. The minimum absolute atomic E-state index is 0.135. The van der Waals surface area contributed by atoms with Gasteiger partial charge in [0.25, 0.3) is 5.91 Å². The van der Waals surface area contributed by atoms with Gasteiger partial charge < -0.3 is 14.8 Å². The zero-order valence-electron chi connectivity index (χ0n) is 16.0. The Kier molecular flexibility index (Phi) is 7.49. The Labute approximate surface area is 189 Å². The first kappa shape index (κ1) is 23.1. The second kappa shape index (κ2) is 9.72. The molecule has 2 aromatic carbocycles. The van der Waals surface area contributed by atoms with Crippen LogP contribution in [0.3, 0.4) is 0 Å². The zero-order valence-corrected chi connectivity index (χ0v) is 19.0. The zero-order chi connectivity index (χ0) is 21.9. The Morgan fingerprint density at radius 3 is 2.47 bits per heavy atom. The van der Waals surface area contributed by atoms with Crippen molar-refractivity contribution in [2.45, 2.75) is 11.8 Å². The van der Waals surface area contributed by atoms with Gasteiger partial charge in [0.05, 0.1) is 33.2 Å². The van der Waals surface area contributed by atoms with Crippen molar-refractivity contribution in [2.75, 3.05) is 38.2 Å². The van der Waals surface area contributed by atoms with Gasteiger partial charge in [-0.05, 0) is 30.7 Å². The molecule has 162 valence electrons. The molecule has 3 rings (SSSR count). The molecule has 0 spiro atoms. The Balaban J connectivity index is 1.70. The summed E-state index contributed by atoms with van der Waals surface area (Å²) in [5.74, 6) is -0.281. The van der Waals surface area contributed by atoms with Crippen LogP contribution in [0.2, 0.25) is 15.1 Å². The number of sulfonamides is 1. The summed E-state index contributed by atoms with van der Waals surface area (Å²) in [7, 11) is -3.69. The fourth-order valence-electron chi connectivity index (χ4n) is 2.84. The summed E-state index contributed by atoms with van der Waals surface area (Å²) in [5, 5.41) is 3.35. The minimum atomic E-state index is -3.69. The number of nitrogens with zero attached hydrogens (tertiary/aromatic N) is 1. The van der Waals surface area contributed by atoms with Gasteiger partial charge in [-0.1, -0.05) is 40.9 Å². The summed E-state index contributed by atoms with van der Waals surface area (Å²) >= 11 is 17.8. The number of amides is 1. The number of benzene rings is 2. The molecule has 7 nitrogen and oxygen atoms in total. The van der Waals surface area contributed by atoms with Gasteiger partial charge in [-0.3, -0.25) is 4.79 Å². The molecule has 1 heterocycles. The van der Waals surface area contributed by atoms with Crippen LogP contribution >= 0.6 is 34.8 Å². The largest absolute Gasteiger partial charge is 0.482 e. The van der Waals surface area contributed by atoms with E-state index in [0.717, 1.165) is 0 Å². The fourth-order valence-corrected chi connectivity index (χ4v) is 5.09. The van der Waals surface area contributed by atoms with Crippen molar-refractivity contribution in [3.05, 3.63) is 51.0 Å². The molecule has 30 heavy (non-hydrogen) atoms. The SMILES string of the molecule is Cc1ccc(NC(=O)COc2cc(Cl)c(Cl)cc2Cl)cc1S(=O)(=O)N1CCOCC1. The van der Waals surface area contributed by atoms with Gasteiger partial charge in [0.1, 0.15) is 5.75 Å². The van der Waals surface area contributed by atoms with Crippen LogP contribution < -0.4 is 10.1 Å². The molecule has 0 atom stereocenters. The Morgan fingerprint density at radius 2 is 1.77 bits per heavy atom. The van der Waals surface area contributed by atoms with E-state index in [-0.39, 0.29) is 45.4 Å². The molecule has 0 aromatic heterocycles. The first-order chi connectivity index (χ1) is 14.2. The van der Waals surface area contributed by atoms with Crippen LogP contribution in [-0.4, -0.2) is 51.5 Å². The number of morpholine rings is 1. The van der Waals surface area contributed by atoms with E-state index in [4.69, 9.17) is 44.3 Å². The van der Waals surface area contributed by atoms with E-state index >= 15 is 0 Å². The predicted molar refractivity (Wildman–Crippen MR) is 116 cm³/mol. The number of ether oxygens (including phenoxy) is 2. The molecule has 1 saturated heterocycles. The van der Waals surface area contributed by atoms with Crippen LogP contribution in [0.25, 0.3) is 0 Å². The number of carbonyl (C=O) groups is 1. The molecule has 0 saturated carbocycles. The minimum Gasteiger partial charge on any atom is -0.482 e. The van der Waals surface area contributed by atoms with E-state index in [2.05, 4.69) is 5.32 Å². The lowest BCUT2D eigenvalue weighted by atomic mass is 10.2. The molecule has 0 aliphatic carbocycles. The number of hydrogen-bond donors (Lipinski definition) is 1. The Hall–Kier alpha value is -1.55. The molecule has 0 unspecified atom stereocenters. The van der Waals surface area contributed by atoms with E-state index < -0.39 is 15.9 Å². The second-order valence-corrected chi connectivity index (χ2v) is 9.66. The van der Waals surface area contributed by atoms with Gasteiger partial charge in [-0.2, -0.15) is 4.31 Å². The van der Waals surface area contributed by atoms with Gasteiger partial charge in [0.15, 0.2) is 6.61 Å². The normalized spacial score (nSPS) is 15.1. The highest BCUT2D eigenvalue weighted by Crippen LogP contribution is 2.33. The maximum atomic E-state index is 12.9. The maximum absolute atomic E-state index is 12.9. The van der Waals surface area contributed by atoms with Gasteiger partial charge in [-0.15, -0.1) is 0 Å². The van der Waals surface area contributed by atoms with Gasteiger partial charge >= 0.3 is 0 Å². The molecule has 1 fully saturated rings. The number of carbonyl (C=O) groups excluding carboxylic acids is 1. The second-order valence-electron chi connectivity index (χ2n) is 6.53. The summed E-state index contributed by atoms with van der Waals surface area (Å²) < 4.78 is 37.9. The third kappa shape index (κ3) is 5.38. The first-order valence-corrected chi connectivity index (χ1v) is 11.5. The highest BCUT2D eigenvalue weighted by atomic mass is 35.5. The van der Waals surface area contributed by atoms with Crippen molar-refractivity contribution < 1.29 is 22.7 Å². The molecule has 2 aromatic rings. The summed E-state index contributed by atoms with van der Waals surface area (Å²) in [6.07, 6.45) is 0. The highest BCUT2D eigenvalue weighted by Gasteiger charge is 2.28. The van der Waals surface area contributed by atoms with Crippen LogP contribution in [0.15, 0.2) is 35.2 Å². The van der Waals surface area contributed by atoms with E-state index in [1.54, 1.807) is 19.1 Å². The van der Waals surface area contributed by atoms with Crippen LogP contribution in [0.1, 0.15) is 5.56 Å². The van der Waals surface area contributed by atoms with Crippen LogP contribution in [0, 0.1) is 6.92 Å². The van der Waals surface area contributed by atoms with Crippen molar-refractivity contribution in [3.63, 3.8) is 0 Å². The third-order valence-electron chi connectivity index (χ3n) is 4.39. The Bertz CT molecular complexity index is 1060. The van der Waals surface area contributed by atoms with Crippen molar-refractivity contribution in [1.82, 2.24) is 4.31 Å². The van der Waals surface area contributed by atoms with Crippen molar-refractivity contribution in [1.29, 1.82) is 0 Å². The van der Waals surface area contributed by atoms with E-state index in [0.29, 0.717) is 24.5 Å². The van der Waals surface area contributed by atoms with Crippen LogP contribution in [0.4, 0.5) is 5.69 Å². The molecule has 1 aliphatic heterocycles. The molecular formula is C19H19Cl3N2O5S. The molecule has 1 aliphatic rings. The molecule has 1 N–H and O–H groups in total. The average molecular weight is 494 g/mol. The maximum Gasteiger partial charge on any atom is 0.262 e. The summed E-state index contributed by atoms with van der Waals surface area (Å²) in [6, 6.07) is 7.53. The first-order valence-electron chi connectivity index (χ1n) is 8.94. The van der Waals surface area contributed by atoms with Crippen molar-refractivity contribution in [3.8, 4) is 5.75 Å². The smallest absolute Gasteiger partial charge is 0.262 e. The van der Waals surface area contributed by atoms with Crippen molar-refractivity contribution in [2.24, 2.45) is 0 Å². The molecule has 0 bridgehead atoms. The van der Waals surface area contributed by atoms with Gasteiger partial charge in [-0.25, -0.2) is 8.42 Å². The lowest BCUT2D eigenvalue weighted by molar-refractivity contribution is -0.118. The monoisotopic (exact) mass is 492 g/mol. The van der Waals surface area contributed by atoms with E-state index in [1.165, 1.54) is 22.5 Å². The lowest BCUT2D eigenvalue weighted by Gasteiger charge is -2.26. The van der Waals surface area contributed by atoms with E-state index in [9.17, 15) is 13.2 Å². The fraction of sp³-hybridized carbons (Fsp3) is 0.316. The predicted octanol–water partition coefficient (Wildman–Crippen LogP) is 3.99. The molecule has 1 amide bonds. The number of nitrogens with one attached hydrogen (secondary N) is 1. The van der Waals surface area contributed by atoms with Crippen molar-refractivity contribution >= 4 is 56.4 Å². The summed E-state index contributed by atoms with van der Waals surface area (Å²) in [5.41, 5.74) is 0.916. The van der Waals surface area contributed by atoms with E-state index in [1.807, 2.05) is 0 Å². The number of halogens is 3. The molecule has 11 heteroatoms. The van der Waals surface area contributed by atoms with Crippen LogP contribution in [0.5, 0.6) is 5.75 Å². The summed E-state index contributed by atoms with van der Waals surface area (Å²) in [6.45, 7) is 2.63. The van der Waals surface area contributed by atoms with Gasteiger partial charge in [0, 0.05) is 24.8 Å². The number of rotatable bonds is 6. The topological polar surface area (TPSA) is 84.9 Å². The highest BCUT2D eigenvalue weighted by molar-refractivity contribution is 7.89. The molecular weight excluding hydrogens is 475 g/mol. The standard InChI is InChI=1S/C19H19Cl3N2O5S/c1-12-2-3-13(8-18(12)30(26,27)24-4-6-28-7-5-24)23-19(25)11-29-17-10-15(21)14(20)9-16(17)22/h2-3,8-10H,4-7,11H2,1H3,(H,23,25). The number of anilines is 1. The summed E-state index contributed by atoms with van der Waals surface area (Å²) in [4.78, 5) is 12.4. The average Bonchev–Trinajstić information content (AvgIpc) is 2.71. The lowest BCUT2D eigenvalue weighted by Crippen LogP contribution is -2.40. The number of aryl methyl sites for hydroxylation is 1. The Morgan fingerprint density at radius 1 is 1.10 bits per heavy atom. The molecule has 0 radical (unpaired) electrons.